The molecule has 6 heteroatoms. The largest absolute Gasteiger partial charge is 0.494 e. The van der Waals surface area contributed by atoms with Crippen LogP contribution in [0.4, 0.5) is 4.39 Å². The van der Waals surface area contributed by atoms with Gasteiger partial charge in [-0.2, -0.15) is 8.42 Å². The number of methoxy groups -OCH3 is 1. The molecule has 2 aromatic rings. The molecule has 0 bridgehead atoms. The van der Waals surface area contributed by atoms with Crippen molar-refractivity contribution in [3.8, 4) is 11.5 Å². The predicted molar refractivity (Wildman–Crippen MR) is 76.7 cm³/mol. The zero-order chi connectivity index (χ0) is 15.6. The number of hydrogen-bond donors (Lipinski definition) is 0. The van der Waals surface area contributed by atoms with Gasteiger partial charge in [0, 0.05) is 0 Å². The predicted octanol–water partition coefficient (Wildman–Crippen LogP) is 3.22. The van der Waals surface area contributed by atoms with Crippen molar-refractivity contribution in [2.24, 2.45) is 0 Å². The van der Waals surface area contributed by atoms with Gasteiger partial charge in [-0.05, 0) is 55.3 Å². The Bertz CT molecular complexity index is 769. The van der Waals surface area contributed by atoms with Crippen LogP contribution < -0.4 is 8.92 Å². The highest BCUT2D eigenvalue weighted by molar-refractivity contribution is 7.87. The number of rotatable bonds is 4. The van der Waals surface area contributed by atoms with E-state index in [1.54, 1.807) is 18.2 Å². The van der Waals surface area contributed by atoms with Crippen LogP contribution in [0.2, 0.25) is 0 Å². The number of ether oxygens (including phenoxy) is 1. The average molecular weight is 310 g/mol. The van der Waals surface area contributed by atoms with Gasteiger partial charge in [0.1, 0.15) is 10.6 Å². The summed E-state index contributed by atoms with van der Waals surface area (Å²) < 4.78 is 47.6. The van der Waals surface area contributed by atoms with Crippen LogP contribution in [0, 0.1) is 19.7 Å². The molecule has 21 heavy (non-hydrogen) atoms. The van der Waals surface area contributed by atoms with Gasteiger partial charge < -0.3 is 8.92 Å². The van der Waals surface area contributed by atoms with E-state index < -0.39 is 15.9 Å². The molecule has 0 aliphatic carbocycles. The van der Waals surface area contributed by atoms with E-state index in [1.807, 2.05) is 13.8 Å². The average Bonchev–Trinajstić information content (AvgIpc) is 2.42. The van der Waals surface area contributed by atoms with Crippen LogP contribution in [-0.2, 0) is 10.1 Å². The van der Waals surface area contributed by atoms with E-state index in [4.69, 9.17) is 8.92 Å². The first-order valence-electron chi connectivity index (χ1n) is 6.19. The number of aryl methyl sites for hydroxylation is 2. The minimum Gasteiger partial charge on any atom is -0.494 e. The van der Waals surface area contributed by atoms with E-state index in [0.29, 0.717) is 0 Å². The lowest BCUT2D eigenvalue weighted by atomic mass is 10.1. The standard InChI is InChI=1S/C15H15FO4S/c1-10-4-5-12(8-11(10)2)20-21(17,18)13-6-7-15(19-3)14(16)9-13/h4-9H,1-3H3. The van der Waals surface area contributed by atoms with E-state index in [9.17, 15) is 12.8 Å². The molecule has 0 spiro atoms. The molecule has 0 atom stereocenters. The smallest absolute Gasteiger partial charge is 0.339 e. The van der Waals surface area contributed by atoms with Crippen molar-refractivity contribution >= 4 is 10.1 Å². The van der Waals surface area contributed by atoms with Crippen molar-refractivity contribution in [2.75, 3.05) is 7.11 Å². The fraction of sp³-hybridized carbons (Fsp3) is 0.200. The Kier molecular flexibility index (Phi) is 4.18. The van der Waals surface area contributed by atoms with Gasteiger partial charge in [-0.25, -0.2) is 4.39 Å². The number of hydrogen-bond acceptors (Lipinski definition) is 4. The van der Waals surface area contributed by atoms with Gasteiger partial charge in [0.2, 0.25) is 0 Å². The van der Waals surface area contributed by atoms with Gasteiger partial charge in [0.05, 0.1) is 7.11 Å². The molecule has 0 saturated carbocycles. The maximum absolute atomic E-state index is 13.6. The van der Waals surface area contributed by atoms with Crippen molar-refractivity contribution in [1.29, 1.82) is 0 Å². The highest BCUT2D eigenvalue weighted by Gasteiger charge is 2.19. The Balaban J connectivity index is 2.33. The molecule has 0 radical (unpaired) electrons. The highest BCUT2D eigenvalue weighted by Crippen LogP contribution is 2.24. The Morgan fingerprint density at radius 2 is 1.71 bits per heavy atom. The van der Waals surface area contributed by atoms with Gasteiger partial charge >= 0.3 is 10.1 Å². The van der Waals surface area contributed by atoms with Crippen molar-refractivity contribution < 1.29 is 21.7 Å². The monoisotopic (exact) mass is 310 g/mol. The molecule has 2 aromatic carbocycles. The van der Waals surface area contributed by atoms with Gasteiger partial charge in [-0.1, -0.05) is 6.07 Å². The first kappa shape index (κ1) is 15.3. The maximum Gasteiger partial charge on any atom is 0.339 e. The first-order valence-corrected chi connectivity index (χ1v) is 7.59. The molecule has 0 fully saturated rings. The van der Waals surface area contributed by atoms with Crippen LogP contribution in [0.25, 0.3) is 0 Å². The van der Waals surface area contributed by atoms with Crippen LogP contribution in [-0.4, -0.2) is 15.5 Å². The third-order valence-corrected chi connectivity index (χ3v) is 4.34. The minimum atomic E-state index is -4.09. The number of benzene rings is 2. The van der Waals surface area contributed by atoms with Crippen molar-refractivity contribution in [3.05, 3.63) is 53.3 Å². The van der Waals surface area contributed by atoms with Gasteiger partial charge in [-0.3, -0.25) is 0 Å². The third-order valence-electron chi connectivity index (χ3n) is 3.10. The lowest BCUT2D eigenvalue weighted by Gasteiger charge is -2.09. The summed E-state index contributed by atoms with van der Waals surface area (Å²) >= 11 is 0. The Labute approximate surface area is 123 Å². The lowest BCUT2D eigenvalue weighted by molar-refractivity contribution is 0.385. The minimum absolute atomic E-state index is 0.0277. The summed E-state index contributed by atoms with van der Waals surface area (Å²) in [5.41, 5.74) is 1.93. The van der Waals surface area contributed by atoms with Crippen molar-refractivity contribution in [2.45, 2.75) is 18.7 Å². The highest BCUT2D eigenvalue weighted by atomic mass is 32.2. The molecule has 0 N–H and O–H groups in total. The Hall–Kier alpha value is -2.08. The second-order valence-electron chi connectivity index (χ2n) is 4.58. The summed E-state index contributed by atoms with van der Waals surface area (Å²) in [6, 6.07) is 8.28. The van der Waals surface area contributed by atoms with Crippen LogP contribution in [0.3, 0.4) is 0 Å². The molecule has 0 unspecified atom stereocenters. The molecular weight excluding hydrogens is 295 g/mol. The fourth-order valence-electron chi connectivity index (χ4n) is 1.74. The summed E-state index contributed by atoms with van der Waals surface area (Å²) in [6.07, 6.45) is 0. The van der Waals surface area contributed by atoms with E-state index in [0.717, 1.165) is 17.2 Å². The third kappa shape index (κ3) is 3.33. The Morgan fingerprint density at radius 3 is 2.29 bits per heavy atom. The van der Waals surface area contributed by atoms with Crippen LogP contribution in [0.1, 0.15) is 11.1 Å². The molecule has 4 nitrogen and oxygen atoms in total. The zero-order valence-corrected chi connectivity index (χ0v) is 12.7. The van der Waals surface area contributed by atoms with Crippen molar-refractivity contribution in [1.82, 2.24) is 0 Å². The molecule has 0 saturated heterocycles. The maximum atomic E-state index is 13.6. The topological polar surface area (TPSA) is 52.6 Å². The van der Waals surface area contributed by atoms with Gasteiger partial charge in [0.15, 0.2) is 11.6 Å². The van der Waals surface area contributed by atoms with E-state index >= 15 is 0 Å². The summed E-state index contributed by atoms with van der Waals surface area (Å²) in [5, 5.41) is 0. The molecular formula is C15H15FO4S. The van der Waals surface area contributed by atoms with Crippen LogP contribution >= 0.6 is 0 Å². The summed E-state index contributed by atoms with van der Waals surface area (Å²) in [7, 11) is -2.78. The molecule has 0 aliphatic rings. The normalized spacial score (nSPS) is 11.2. The quantitative estimate of drug-likeness (QED) is 0.814. The lowest BCUT2D eigenvalue weighted by Crippen LogP contribution is -2.10. The number of halogens is 1. The Morgan fingerprint density at radius 1 is 1.00 bits per heavy atom. The zero-order valence-electron chi connectivity index (χ0n) is 11.9. The van der Waals surface area contributed by atoms with E-state index in [-0.39, 0.29) is 16.4 Å². The molecule has 2 rings (SSSR count). The summed E-state index contributed by atoms with van der Waals surface area (Å²) in [6.45, 7) is 3.76. The van der Waals surface area contributed by atoms with E-state index in [2.05, 4.69) is 0 Å². The van der Waals surface area contributed by atoms with Gasteiger partial charge in [0.25, 0.3) is 0 Å². The first-order chi connectivity index (χ1) is 9.83. The fourth-order valence-corrected chi connectivity index (χ4v) is 2.68. The molecule has 0 heterocycles. The van der Waals surface area contributed by atoms with Gasteiger partial charge in [-0.15, -0.1) is 0 Å². The molecule has 0 aromatic heterocycles. The second-order valence-corrected chi connectivity index (χ2v) is 6.13. The van der Waals surface area contributed by atoms with Crippen molar-refractivity contribution in [3.63, 3.8) is 0 Å². The summed E-state index contributed by atoms with van der Waals surface area (Å²) in [4.78, 5) is -0.265. The van der Waals surface area contributed by atoms with E-state index in [1.165, 1.54) is 19.2 Å². The second kappa shape index (κ2) is 5.73. The molecule has 0 aliphatic heterocycles. The summed E-state index contributed by atoms with van der Waals surface area (Å²) in [5.74, 6) is -0.600. The molecule has 112 valence electrons. The van der Waals surface area contributed by atoms with Crippen LogP contribution in [0.5, 0.6) is 11.5 Å². The molecule has 0 amide bonds. The SMILES string of the molecule is COc1ccc(S(=O)(=O)Oc2ccc(C)c(C)c2)cc1F. The van der Waals surface area contributed by atoms with Crippen LogP contribution in [0.15, 0.2) is 41.3 Å².